The highest BCUT2D eigenvalue weighted by Gasteiger charge is 2.43. The molecular weight excluding hydrogens is 473 g/mol. The van der Waals surface area contributed by atoms with Crippen LogP contribution in [0.3, 0.4) is 0 Å². The van der Waals surface area contributed by atoms with Crippen molar-refractivity contribution in [1.82, 2.24) is 9.80 Å². The van der Waals surface area contributed by atoms with E-state index >= 15 is 0 Å². The average Bonchev–Trinajstić information content (AvgIpc) is 3.04. The minimum absolute atomic E-state index is 0.0453. The van der Waals surface area contributed by atoms with Crippen LogP contribution >= 0.6 is 23.8 Å². The summed E-state index contributed by atoms with van der Waals surface area (Å²) >= 11 is 11.6. The van der Waals surface area contributed by atoms with Crippen LogP contribution < -0.4 is 5.32 Å². The molecule has 0 spiro atoms. The van der Waals surface area contributed by atoms with Crippen molar-refractivity contribution in [2.24, 2.45) is 0 Å². The van der Waals surface area contributed by atoms with Gasteiger partial charge in [0, 0.05) is 17.3 Å². The lowest BCUT2D eigenvalue weighted by atomic mass is 10.1. The molecule has 174 valence electrons. The maximum absolute atomic E-state index is 13.4. The zero-order valence-corrected chi connectivity index (χ0v) is 19.9. The van der Waals surface area contributed by atoms with Crippen molar-refractivity contribution in [2.75, 3.05) is 11.9 Å². The highest BCUT2D eigenvalue weighted by atomic mass is 35.5. The Morgan fingerprint density at radius 1 is 0.971 bits per heavy atom. The van der Waals surface area contributed by atoms with E-state index in [-0.39, 0.29) is 24.1 Å². The van der Waals surface area contributed by atoms with Gasteiger partial charge in [-0.15, -0.1) is 0 Å². The number of amides is 2. The van der Waals surface area contributed by atoms with E-state index in [0.717, 1.165) is 11.1 Å². The average molecular weight is 496 g/mol. The highest BCUT2D eigenvalue weighted by molar-refractivity contribution is 7.80. The van der Waals surface area contributed by atoms with E-state index in [4.69, 9.17) is 23.8 Å². The van der Waals surface area contributed by atoms with E-state index < -0.39 is 6.04 Å². The molecule has 5 nitrogen and oxygen atoms in total. The molecule has 3 aromatic carbocycles. The number of nitrogens with zero attached hydrogens (tertiary/aromatic N) is 2. The van der Waals surface area contributed by atoms with Crippen molar-refractivity contribution >= 4 is 46.4 Å². The van der Waals surface area contributed by atoms with E-state index in [2.05, 4.69) is 5.32 Å². The van der Waals surface area contributed by atoms with Crippen molar-refractivity contribution in [1.29, 1.82) is 0 Å². The second-order valence-electron chi connectivity index (χ2n) is 8.04. The second kappa shape index (κ2) is 10.8. The summed E-state index contributed by atoms with van der Waals surface area (Å²) in [5.41, 5.74) is 2.46. The normalized spacial score (nSPS) is 15.6. The van der Waals surface area contributed by atoms with E-state index in [1.807, 2.05) is 30.3 Å². The Morgan fingerprint density at radius 3 is 2.32 bits per heavy atom. The van der Waals surface area contributed by atoms with Crippen LogP contribution in [0, 0.1) is 5.82 Å². The number of nitrogens with one attached hydrogen (secondary N) is 1. The third kappa shape index (κ3) is 5.79. The van der Waals surface area contributed by atoms with E-state index in [9.17, 15) is 14.0 Å². The topological polar surface area (TPSA) is 52.7 Å². The molecule has 8 heteroatoms. The second-order valence-corrected chi connectivity index (χ2v) is 8.84. The molecule has 1 aliphatic heterocycles. The molecule has 1 fully saturated rings. The quantitative estimate of drug-likeness (QED) is 0.444. The summed E-state index contributed by atoms with van der Waals surface area (Å²) in [5.74, 6) is -0.808. The molecule has 0 aromatic heterocycles. The summed E-state index contributed by atoms with van der Waals surface area (Å²) in [4.78, 5) is 29.5. The maximum Gasteiger partial charge on any atom is 0.252 e. The monoisotopic (exact) mass is 495 g/mol. The fourth-order valence-corrected chi connectivity index (χ4v) is 4.38. The third-order valence-electron chi connectivity index (χ3n) is 5.65. The number of anilines is 1. The van der Waals surface area contributed by atoms with Crippen molar-refractivity contribution in [2.45, 2.75) is 25.4 Å². The van der Waals surface area contributed by atoms with Crippen molar-refractivity contribution in [3.8, 4) is 0 Å². The molecule has 1 saturated heterocycles. The molecule has 1 unspecified atom stereocenters. The SMILES string of the molecule is O=C(CC1C(=O)N(Cc2ccccc2)C(=S)N1CCc1ccc(F)cc1)Nc1ccc(Cl)cc1. The lowest BCUT2D eigenvalue weighted by Gasteiger charge is -2.24. The lowest BCUT2D eigenvalue weighted by Crippen LogP contribution is -2.39. The molecule has 1 N–H and O–H groups in total. The van der Waals surface area contributed by atoms with Crippen LogP contribution in [0.5, 0.6) is 0 Å². The molecule has 4 rings (SSSR count). The highest BCUT2D eigenvalue weighted by Crippen LogP contribution is 2.24. The summed E-state index contributed by atoms with van der Waals surface area (Å²) in [6.07, 6.45) is 0.512. The molecule has 0 saturated carbocycles. The van der Waals surface area contributed by atoms with Gasteiger partial charge < -0.3 is 10.2 Å². The molecule has 0 aliphatic carbocycles. The van der Waals surface area contributed by atoms with Crippen LogP contribution in [-0.4, -0.2) is 39.3 Å². The maximum atomic E-state index is 13.4. The smallest absolute Gasteiger partial charge is 0.252 e. The van der Waals surface area contributed by atoms with Gasteiger partial charge in [-0.1, -0.05) is 54.1 Å². The number of carbonyl (C=O) groups excluding carboxylic acids is 2. The summed E-state index contributed by atoms with van der Waals surface area (Å²) in [5, 5.41) is 3.77. The molecule has 2 amide bonds. The number of hydrogen-bond acceptors (Lipinski definition) is 3. The Kier molecular flexibility index (Phi) is 7.55. The summed E-state index contributed by atoms with van der Waals surface area (Å²) < 4.78 is 13.3. The van der Waals surface area contributed by atoms with Gasteiger partial charge in [0.05, 0.1) is 13.0 Å². The van der Waals surface area contributed by atoms with Crippen LogP contribution in [0.15, 0.2) is 78.9 Å². The van der Waals surface area contributed by atoms with Crippen molar-refractivity contribution < 1.29 is 14.0 Å². The van der Waals surface area contributed by atoms with Gasteiger partial charge in [-0.05, 0) is 66.2 Å². The van der Waals surface area contributed by atoms with Gasteiger partial charge >= 0.3 is 0 Å². The first-order valence-electron chi connectivity index (χ1n) is 10.9. The molecule has 3 aromatic rings. The van der Waals surface area contributed by atoms with Crippen molar-refractivity contribution in [3.05, 3.63) is 101 Å². The fourth-order valence-electron chi connectivity index (χ4n) is 3.88. The number of thiocarbonyl (C=S) groups is 1. The Bertz CT molecular complexity index is 1170. The number of carbonyl (C=O) groups is 2. The van der Waals surface area contributed by atoms with Gasteiger partial charge in [0.2, 0.25) is 5.91 Å². The van der Waals surface area contributed by atoms with Crippen LogP contribution in [-0.2, 0) is 22.6 Å². The Morgan fingerprint density at radius 2 is 1.65 bits per heavy atom. The predicted octanol–water partition coefficient (Wildman–Crippen LogP) is 5.05. The molecule has 0 radical (unpaired) electrons. The van der Waals surface area contributed by atoms with Gasteiger partial charge in [-0.2, -0.15) is 0 Å². The molecule has 0 bridgehead atoms. The fraction of sp³-hybridized carbons (Fsp3) is 0.192. The third-order valence-corrected chi connectivity index (χ3v) is 6.36. The molecule has 34 heavy (non-hydrogen) atoms. The zero-order valence-electron chi connectivity index (χ0n) is 18.3. The minimum Gasteiger partial charge on any atom is -0.336 e. The summed E-state index contributed by atoms with van der Waals surface area (Å²) in [7, 11) is 0. The number of benzene rings is 3. The largest absolute Gasteiger partial charge is 0.336 e. The van der Waals surface area contributed by atoms with E-state index in [1.54, 1.807) is 46.2 Å². The van der Waals surface area contributed by atoms with Gasteiger partial charge in [-0.3, -0.25) is 14.5 Å². The summed E-state index contributed by atoms with van der Waals surface area (Å²) in [6.45, 7) is 0.765. The first-order valence-corrected chi connectivity index (χ1v) is 11.6. The number of rotatable bonds is 8. The van der Waals surface area contributed by atoms with Crippen molar-refractivity contribution in [3.63, 3.8) is 0 Å². The van der Waals surface area contributed by atoms with Crippen LogP contribution in [0.1, 0.15) is 17.5 Å². The molecule has 1 atom stereocenters. The van der Waals surface area contributed by atoms with E-state index in [0.29, 0.717) is 35.3 Å². The molecule has 1 heterocycles. The Labute approximate surface area is 208 Å². The Hall–Kier alpha value is -3.29. The first-order chi connectivity index (χ1) is 16.4. The lowest BCUT2D eigenvalue weighted by molar-refractivity contribution is -0.131. The van der Waals surface area contributed by atoms with E-state index in [1.165, 1.54) is 12.1 Å². The van der Waals surface area contributed by atoms with Gasteiger partial charge in [0.25, 0.3) is 5.91 Å². The standard InChI is InChI=1S/C26H23ClFN3O2S/c27-20-8-12-22(13-9-20)29-24(32)16-23-25(33)31(17-19-4-2-1-3-5-19)26(34)30(23)15-14-18-6-10-21(28)11-7-18/h1-13,23H,14-17H2,(H,29,32). The van der Waals surface area contributed by atoms with Gasteiger partial charge in [0.1, 0.15) is 11.9 Å². The Balaban J connectivity index is 1.50. The van der Waals surface area contributed by atoms with Crippen LogP contribution in [0.2, 0.25) is 5.02 Å². The minimum atomic E-state index is -0.719. The van der Waals surface area contributed by atoms with Gasteiger partial charge in [-0.25, -0.2) is 4.39 Å². The van der Waals surface area contributed by atoms with Gasteiger partial charge in [0.15, 0.2) is 5.11 Å². The first kappa shape index (κ1) is 23.9. The number of halogens is 2. The van der Waals surface area contributed by atoms with Crippen LogP contribution in [0.25, 0.3) is 0 Å². The molecule has 1 aliphatic rings. The zero-order chi connectivity index (χ0) is 24.1. The summed E-state index contributed by atoms with van der Waals surface area (Å²) in [6, 6.07) is 21.9. The predicted molar refractivity (Wildman–Crippen MR) is 135 cm³/mol. The molecular formula is C26H23ClFN3O2S. The number of hydrogen-bond donors (Lipinski definition) is 1. The van der Waals surface area contributed by atoms with Crippen LogP contribution in [0.4, 0.5) is 10.1 Å².